The number of pyridine rings is 1. The second kappa shape index (κ2) is 5.90. The van der Waals surface area contributed by atoms with Crippen molar-refractivity contribution in [2.75, 3.05) is 5.32 Å². The summed E-state index contributed by atoms with van der Waals surface area (Å²) < 4.78 is 27.9. The number of halogens is 2. The van der Waals surface area contributed by atoms with Gasteiger partial charge < -0.3 is 9.88 Å². The largest absolute Gasteiger partial charge is 0.319 e. The molecule has 2 aromatic heterocycles. The monoisotopic (exact) mass is 295 g/mol. The fraction of sp³-hybridized carbons (Fsp3) is 0.286. The zero-order valence-electron chi connectivity index (χ0n) is 11.6. The molecule has 7 heteroatoms. The minimum absolute atomic E-state index is 0.128. The van der Waals surface area contributed by atoms with Crippen LogP contribution in [-0.2, 0) is 6.54 Å². The number of carbonyl (C=O) groups is 1. The fourth-order valence-corrected chi connectivity index (χ4v) is 2.04. The number of aromatic nitrogens is 2. The van der Waals surface area contributed by atoms with Crippen molar-refractivity contribution < 1.29 is 13.6 Å². The summed E-state index contributed by atoms with van der Waals surface area (Å²) >= 11 is 0. The number of amides is 1. The number of nitrogens with zero attached hydrogens (tertiary/aromatic N) is 2. The van der Waals surface area contributed by atoms with Crippen LogP contribution in [0.25, 0.3) is 0 Å². The zero-order chi connectivity index (χ0) is 15.6. The Labute approximate surface area is 119 Å². The number of hydrogen-bond donors (Lipinski definition) is 1. The molecule has 0 aliphatic carbocycles. The molecule has 0 saturated carbocycles. The molecule has 1 amide bonds. The van der Waals surface area contributed by atoms with Gasteiger partial charge in [-0.2, -0.15) is 8.78 Å². The maximum absolute atomic E-state index is 12.9. The van der Waals surface area contributed by atoms with Crippen molar-refractivity contribution in [1.29, 1.82) is 0 Å². The maximum Gasteiger partial charge on any atom is 0.319 e. The van der Waals surface area contributed by atoms with E-state index in [0.717, 1.165) is 0 Å². The Hall–Kier alpha value is -2.44. The third kappa shape index (κ3) is 3.01. The van der Waals surface area contributed by atoms with E-state index in [0.29, 0.717) is 22.5 Å². The van der Waals surface area contributed by atoms with Crippen molar-refractivity contribution in [3.8, 4) is 0 Å². The molecule has 0 aliphatic heterocycles. The molecule has 0 aliphatic rings. The lowest BCUT2D eigenvalue weighted by Crippen LogP contribution is -2.21. The van der Waals surface area contributed by atoms with Gasteiger partial charge in [-0.3, -0.25) is 14.2 Å². The highest BCUT2D eigenvalue weighted by Crippen LogP contribution is 2.19. The number of rotatable bonds is 4. The van der Waals surface area contributed by atoms with Crippen molar-refractivity contribution in [1.82, 2.24) is 9.13 Å². The summed E-state index contributed by atoms with van der Waals surface area (Å²) in [6.45, 7) is 0.957. The van der Waals surface area contributed by atoms with Crippen LogP contribution in [0.1, 0.15) is 29.7 Å². The molecule has 112 valence electrons. The SMILES string of the molecule is CCn1cc(NC(=O)c2ccc(C)n2C(F)F)ccc1=O. The molecule has 0 aromatic carbocycles. The number of carbonyl (C=O) groups excluding carboxylic acids is 1. The smallest absolute Gasteiger partial charge is 0.319 e. The first-order valence-corrected chi connectivity index (χ1v) is 6.42. The molecule has 0 spiro atoms. The highest BCUT2D eigenvalue weighted by Gasteiger charge is 2.19. The van der Waals surface area contributed by atoms with E-state index in [9.17, 15) is 18.4 Å². The minimum atomic E-state index is -2.79. The summed E-state index contributed by atoms with van der Waals surface area (Å²) in [5.74, 6) is -0.648. The summed E-state index contributed by atoms with van der Waals surface area (Å²) in [7, 11) is 0. The molecule has 0 atom stereocenters. The van der Waals surface area contributed by atoms with Gasteiger partial charge in [-0.25, -0.2) is 0 Å². The highest BCUT2D eigenvalue weighted by molar-refractivity contribution is 6.03. The molecule has 21 heavy (non-hydrogen) atoms. The summed E-state index contributed by atoms with van der Waals surface area (Å²) in [6.07, 6.45) is 1.47. The van der Waals surface area contributed by atoms with Crippen molar-refractivity contribution in [2.24, 2.45) is 0 Å². The van der Waals surface area contributed by atoms with Gasteiger partial charge in [0.25, 0.3) is 11.5 Å². The van der Waals surface area contributed by atoms with E-state index in [1.54, 1.807) is 6.92 Å². The molecular weight excluding hydrogens is 280 g/mol. The van der Waals surface area contributed by atoms with Crippen molar-refractivity contribution in [2.45, 2.75) is 26.9 Å². The minimum Gasteiger partial charge on any atom is -0.319 e. The molecule has 0 unspecified atom stereocenters. The quantitative estimate of drug-likeness (QED) is 0.942. The predicted molar refractivity (Wildman–Crippen MR) is 74.8 cm³/mol. The normalized spacial score (nSPS) is 10.9. The van der Waals surface area contributed by atoms with Gasteiger partial charge in [0, 0.05) is 24.5 Å². The van der Waals surface area contributed by atoms with Gasteiger partial charge in [0.2, 0.25) is 0 Å². The summed E-state index contributed by atoms with van der Waals surface area (Å²) in [5.41, 5.74) is 0.355. The number of hydrogen-bond acceptors (Lipinski definition) is 2. The van der Waals surface area contributed by atoms with Crippen LogP contribution in [0.5, 0.6) is 0 Å². The number of anilines is 1. The first kappa shape index (κ1) is 15.0. The Kier molecular flexibility index (Phi) is 4.21. The lowest BCUT2D eigenvalue weighted by Gasteiger charge is -2.11. The third-order valence-electron chi connectivity index (χ3n) is 3.13. The molecule has 1 N–H and O–H groups in total. The van der Waals surface area contributed by atoms with Crippen molar-refractivity contribution in [3.05, 3.63) is 52.2 Å². The van der Waals surface area contributed by atoms with Gasteiger partial charge >= 0.3 is 6.55 Å². The summed E-state index contributed by atoms with van der Waals surface area (Å²) in [5, 5.41) is 2.52. The van der Waals surface area contributed by atoms with Crippen LogP contribution in [0.4, 0.5) is 14.5 Å². The van der Waals surface area contributed by atoms with Crippen molar-refractivity contribution >= 4 is 11.6 Å². The average molecular weight is 295 g/mol. The van der Waals surface area contributed by atoms with Gasteiger partial charge in [0.15, 0.2) is 0 Å². The van der Waals surface area contributed by atoms with Crippen molar-refractivity contribution in [3.63, 3.8) is 0 Å². The van der Waals surface area contributed by atoms with Gasteiger partial charge in [-0.1, -0.05) is 0 Å². The van der Waals surface area contributed by atoms with Crippen LogP contribution < -0.4 is 10.9 Å². The van der Waals surface area contributed by atoms with E-state index < -0.39 is 12.5 Å². The third-order valence-corrected chi connectivity index (χ3v) is 3.13. The Balaban J connectivity index is 2.28. The molecule has 2 heterocycles. The van der Waals surface area contributed by atoms with E-state index in [2.05, 4.69) is 5.32 Å². The summed E-state index contributed by atoms with van der Waals surface area (Å²) in [6, 6.07) is 5.55. The first-order valence-electron chi connectivity index (χ1n) is 6.42. The van der Waals surface area contributed by atoms with Gasteiger partial charge in [0.1, 0.15) is 5.69 Å². The molecule has 0 radical (unpaired) electrons. The second-order valence-electron chi connectivity index (χ2n) is 4.50. The Morgan fingerprint density at radius 1 is 1.29 bits per heavy atom. The maximum atomic E-state index is 12.9. The van der Waals surface area contributed by atoms with Gasteiger partial charge in [-0.15, -0.1) is 0 Å². The number of alkyl halides is 2. The molecule has 0 bridgehead atoms. The van der Waals surface area contributed by atoms with Crippen LogP contribution in [0.3, 0.4) is 0 Å². The van der Waals surface area contributed by atoms with Gasteiger partial charge in [0.05, 0.1) is 5.69 Å². The standard InChI is InChI=1S/C14H15F2N3O2/c1-3-18-8-10(5-7-12(18)20)17-13(21)11-6-4-9(2)19(11)14(15)16/h4-8,14H,3H2,1-2H3,(H,17,21). The van der Waals surface area contributed by atoms with Gasteiger partial charge in [-0.05, 0) is 32.0 Å². The molecule has 0 saturated heterocycles. The molecular formula is C14H15F2N3O2. The lowest BCUT2D eigenvalue weighted by atomic mass is 10.3. The molecule has 2 rings (SSSR count). The van der Waals surface area contributed by atoms with E-state index >= 15 is 0 Å². The van der Waals surface area contributed by atoms with E-state index in [4.69, 9.17) is 0 Å². The van der Waals surface area contributed by atoms with Crippen LogP contribution in [0, 0.1) is 6.92 Å². The number of aryl methyl sites for hydroxylation is 2. The topological polar surface area (TPSA) is 56.0 Å². The van der Waals surface area contributed by atoms with E-state index in [1.807, 2.05) is 0 Å². The van der Waals surface area contributed by atoms with Crippen LogP contribution in [0.15, 0.2) is 35.3 Å². The van der Waals surface area contributed by atoms with E-state index in [1.165, 1.54) is 42.0 Å². The van der Waals surface area contributed by atoms with Crippen LogP contribution in [-0.4, -0.2) is 15.0 Å². The van der Waals surface area contributed by atoms with Crippen LogP contribution in [0.2, 0.25) is 0 Å². The highest BCUT2D eigenvalue weighted by atomic mass is 19.3. The molecule has 5 nitrogen and oxygen atoms in total. The Bertz CT molecular complexity index is 719. The predicted octanol–water partition coefficient (Wildman–Crippen LogP) is 2.63. The molecule has 0 fully saturated rings. The molecule has 2 aromatic rings. The average Bonchev–Trinajstić information content (AvgIpc) is 2.83. The number of nitrogens with one attached hydrogen (secondary N) is 1. The second-order valence-corrected chi connectivity index (χ2v) is 4.50. The van der Waals surface area contributed by atoms with Crippen LogP contribution >= 0.6 is 0 Å². The Morgan fingerprint density at radius 2 is 2.00 bits per heavy atom. The Morgan fingerprint density at radius 3 is 2.62 bits per heavy atom. The fourth-order valence-electron chi connectivity index (χ4n) is 2.04. The van der Waals surface area contributed by atoms with E-state index in [-0.39, 0.29) is 11.3 Å². The first-order chi connectivity index (χ1) is 9.93. The lowest BCUT2D eigenvalue weighted by molar-refractivity contribution is 0.0632. The summed E-state index contributed by atoms with van der Waals surface area (Å²) in [4.78, 5) is 23.5. The zero-order valence-corrected chi connectivity index (χ0v) is 11.6.